The van der Waals surface area contributed by atoms with Crippen molar-refractivity contribution < 1.29 is 9.59 Å². The van der Waals surface area contributed by atoms with Crippen molar-refractivity contribution in [2.75, 3.05) is 18.4 Å². The summed E-state index contributed by atoms with van der Waals surface area (Å²) in [6.45, 7) is 4.55. The van der Waals surface area contributed by atoms with Crippen LogP contribution >= 0.6 is 0 Å². The van der Waals surface area contributed by atoms with Gasteiger partial charge in [0, 0.05) is 31.3 Å². The van der Waals surface area contributed by atoms with Gasteiger partial charge in [-0.05, 0) is 13.0 Å². The van der Waals surface area contributed by atoms with E-state index in [0.29, 0.717) is 13.1 Å². The van der Waals surface area contributed by atoms with Crippen LogP contribution in [0.25, 0.3) is 0 Å². The Bertz CT molecular complexity index is 485. The minimum absolute atomic E-state index is 0.0431. The van der Waals surface area contributed by atoms with E-state index < -0.39 is 0 Å². The van der Waals surface area contributed by atoms with E-state index in [1.54, 1.807) is 0 Å². The Morgan fingerprint density at radius 1 is 1.39 bits per heavy atom. The predicted octanol–water partition coefficient (Wildman–Crippen LogP) is 0.714. The summed E-state index contributed by atoms with van der Waals surface area (Å²) in [5.74, 6) is -0.109. The van der Waals surface area contributed by atoms with Gasteiger partial charge in [-0.2, -0.15) is 0 Å². The molecule has 0 bridgehead atoms. The van der Waals surface area contributed by atoms with Gasteiger partial charge in [0.15, 0.2) is 0 Å². The molecule has 1 aromatic rings. The molecule has 1 aliphatic rings. The van der Waals surface area contributed by atoms with Gasteiger partial charge in [-0.3, -0.25) is 9.59 Å². The van der Waals surface area contributed by atoms with Crippen molar-refractivity contribution in [2.24, 2.45) is 0 Å². The number of benzene rings is 1. The monoisotopic (exact) mass is 247 g/mol. The first-order chi connectivity index (χ1) is 8.58. The average molecular weight is 247 g/mol. The van der Waals surface area contributed by atoms with Crippen molar-refractivity contribution in [3.63, 3.8) is 0 Å². The second kappa shape index (κ2) is 5.18. The van der Waals surface area contributed by atoms with Crippen molar-refractivity contribution in [3.8, 4) is 0 Å². The Hall–Kier alpha value is -1.88. The number of carbonyl (C=O) groups is 2. The van der Waals surface area contributed by atoms with E-state index >= 15 is 0 Å². The Kier molecular flexibility index (Phi) is 3.62. The van der Waals surface area contributed by atoms with Crippen LogP contribution in [0, 0.1) is 6.92 Å². The molecule has 1 atom stereocenters. The fraction of sp³-hybridized carbons (Fsp3) is 0.385. The van der Waals surface area contributed by atoms with Crippen molar-refractivity contribution in [1.82, 2.24) is 10.6 Å². The number of rotatable bonds is 4. The summed E-state index contributed by atoms with van der Waals surface area (Å²) in [5.41, 5.74) is 2.96. The number of carbonyl (C=O) groups excluding carboxylic acids is 2. The SMILES string of the molecule is CC(=O)NCCNC1C(=O)Nc2ccc(C)cc21. The number of nitrogens with one attached hydrogen (secondary N) is 3. The fourth-order valence-electron chi connectivity index (χ4n) is 2.04. The summed E-state index contributed by atoms with van der Waals surface area (Å²) < 4.78 is 0. The molecule has 2 rings (SSSR count). The maximum Gasteiger partial charge on any atom is 0.246 e. The minimum Gasteiger partial charge on any atom is -0.355 e. The quantitative estimate of drug-likeness (QED) is 0.686. The first-order valence-corrected chi connectivity index (χ1v) is 5.97. The van der Waals surface area contributed by atoms with Gasteiger partial charge in [0.2, 0.25) is 11.8 Å². The summed E-state index contributed by atoms with van der Waals surface area (Å²) in [6.07, 6.45) is 0. The van der Waals surface area contributed by atoms with Crippen LogP contribution < -0.4 is 16.0 Å². The molecule has 96 valence electrons. The Labute approximate surface area is 106 Å². The van der Waals surface area contributed by atoms with Crippen molar-refractivity contribution >= 4 is 17.5 Å². The van der Waals surface area contributed by atoms with Gasteiger partial charge in [-0.1, -0.05) is 17.7 Å². The molecule has 2 amide bonds. The number of fused-ring (bicyclic) bond motifs is 1. The number of hydrogen-bond donors (Lipinski definition) is 3. The Balaban J connectivity index is 1.99. The van der Waals surface area contributed by atoms with Crippen LogP contribution in [0.3, 0.4) is 0 Å². The smallest absolute Gasteiger partial charge is 0.246 e. The molecule has 1 aliphatic heterocycles. The highest BCUT2D eigenvalue weighted by Crippen LogP contribution is 2.31. The van der Waals surface area contributed by atoms with Crippen LogP contribution in [0.15, 0.2) is 18.2 Å². The van der Waals surface area contributed by atoms with Crippen LogP contribution in [-0.4, -0.2) is 24.9 Å². The minimum atomic E-state index is -0.325. The molecule has 0 saturated heterocycles. The van der Waals surface area contributed by atoms with Crippen LogP contribution in [0.4, 0.5) is 5.69 Å². The van der Waals surface area contributed by atoms with E-state index in [9.17, 15) is 9.59 Å². The zero-order chi connectivity index (χ0) is 13.1. The van der Waals surface area contributed by atoms with Gasteiger partial charge in [-0.15, -0.1) is 0 Å². The summed E-state index contributed by atoms with van der Waals surface area (Å²) in [5, 5.41) is 8.67. The lowest BCUT2D eigenvalue weighted by Crippen LogP contribution is -2.34. The molecule has 1 unspecified atom stereocenters. The molecule has 5 nitrogen and oxygen atoms in total. The lowest BCUT2D eigenvalue weighted by molar-refractivity contribution is -0.118. The molecular weight excluding hydrogens is 230 g/mol. The van der Waals surface area contributed by atoms with E-state index in [-0.39, 0.29) is 17.9 Å². The van der Waals surface area contributed by atoms with Gasteiger partial charge in [0.05, 0.1) is 0 Å². The van der Waals surface area contributed by atoms with E-state index in [1.165, 1.54) is 6.92 Å². The Morgan fingerprint density at radius 2 is 2.17 bits per heavy atom. The molecule has 0 aliphatic carbocycles. The molecule has 0 fully saturated rings. The third kappa shape index (κ3) is 2.68. The van der Waals surface area contributed by atoms with E-state index in [4.69, 9.17) is 0 Å². The predicted molar refractivity (Wildman–Crippen MR) is 69.2 cm³/mol. The van der Waals surface area contributed by atoms with Gasteiger partial charge in [-0.25, -0.2) is 0 Å². The normalized spacial score (nSPS) is 17.2. The topological polar surface area (TPSA) is 70.2 Å². The second-order valence-electron chi connectivity index (χ2n) is 4.45. The summed E-state index contributed by atoms with van der Waals surface area (Å²) >= 11 is 0. The molecule has 0 spiro atoms. The number of aryl methyl sites for hydroxylation is 1. The summed E-state index contributed by atoms with van der Waals surface area (Å²) in [4.78, 5) is 22.5. The maximum atomic E-state index is 11.8. The maximum absolute atomic E-state index is 11.8. The third-order valence-corrected chi connectivity index (χ3v) is 2.89. The molecule has 18 heavy (non-hydrogen) atoms. The number of amides is 2. The lowest BCUT2D eigenvalue weighted by atomic mass is 10.1. The Morgan fingerprint density at radius 3 is 2.89 bits per heavy atom. The van der Waals surface area contributed by atoms with Crippen LogP contribution in [-0.2, 0) is 9.59 Å². The van der Waals surface area contributed by atoms with Crippen LogP contribution in [0.2, 0.25) is 0 Å². The highest BCUT2D eigenvalue weighted by atomic mass is 16.2. The summed E-state index contributed by atoms with van der Waals surface area (Å²) in [7, 11) is 0. The van der Waals surface area contributed by atoms with Gasteiger partial charge >= 0.3 is 0 Å². The first kappa shape index (κ1) is 12.6. The highest BCUT2D eigenvalue weighted by Gasteiger charge is 2.29. The van der Waals surface area contributed by atoms with Crippen molar-refractivity contribution in [1.29, 1.82) is 0 Å². The molecule has 1 heterocycles. The van der Waals surface area contributed by atoms with Crippen LogP contribution in [0.1, 0.15) is 24.1 Å². The highest BCUT2D eigenvalue weighted by molar-refractivity contribution is 6.02. The van der Waals surface area contributed by atoms with E-state index in [2.05, 4.69) is 16.0 Å². The lowest BCUT2D eigenvalue weighted by Gasteiger charge is -2.11. The average Bonchev–Trinajstić information content (AvgIpc) is 2.60. The molecular formula is C13H17N3O2. The summed E-state index contributed by atoms with van der Waals surface area (Å²) in [6, 6.07) is 5.56. The van der Waals surface area contributed by atoms with Gasteiger partial charge in [0.25, 0.3) is 0 Å². The van der Waals surface area contributed by atoms with Gasteiger partial charge < -0.3 is 16.0 Å². The molecule has 0 saturated carbocycles. The third-order valence-electron chi connectivity index (χ3n) is 2.89. The molecule has 0 aromatic heterocycles. The second-order valence-corrected chi connectivity index (χ2v) is 4.45. The largest absolute Gasteiger partial charge is 0.355 e. The number of hydrogen-bond acceptors (Lipinski definition) is 3. The molecule has 3 N–H and O–H groups in total. The van der Waals surface area contributed by atoms with Crippen molar-refractivity contribution in [3.05, 3.63) is 29.3 Å². The van der Waals surface area contributed by atoms with E-state index in [1.807, 2.05) is 25.1 Å². The van der Waals surface area contributed by atoms with Gasteiger partial charge in [0.1, 0.15) is 6.04 Å². The van der Waals surface area contributed by atoms with E-state index in [0.717, 1.165) is 16.8 Å². The zero-order valence-corrected chi connectivity index (χ0v) is 10.5. The molecule has 1 aromatic carbocycles. The van der Waals surface area contributed by atoms with Crippen molar-refractivity contribution in [2.45, 2.75) is 19.9 Å². The standard InChI is InChI=1S/C13H17N3O2/c1-8-3-4-11-10(7-8)12(13(18)16-11)15-6-5-14-9(2)17/h3-4,7,12,15H,5-6H2,1-2H3,(H,14,17)(H,16,18). The first-order valence-electron chi connectivity index (χ1n) is 5.97. The fourth-order valence-corrected chi connectivity index (χ4v) is 2.04. The number of anilines is 1. The molecule has 0 radical (unpaired) electrons. The van der Waals surface area contributed by atoms with Crippen LogP contribution in [0.5, 0.6) is 0 Å². The zero-order valence-electron chi connectivity index (χ0n) is 10.5. The molecule has 5 heteroatoms.